The van der Waals surface area contributed by atoms with Gasteiger partial charge in [-0.1, -0.05) is 13.8 Å². The number of hydrogen-bond donors (Lipinski definition) is 2. The monoisotopic (exact) mass is 369 g/mol. The molecule has 26 heavy (non-hydrogen) atoms. The second-order valence-electron chi connectivity index (χ2n) is 7.06. The van der Waals surface area contributed by atoms with Crippen molar-refractivity contribution in [2.45, 2.75) is 47.1 Å². The molecule has 0 saturated carbocycles. The minimum atomic E-state index is 0.177. The van der Waals surface area contributed by atoms with Crippen molar-refractivity contribution < 1.29 is 9.53 Å². The van der Waals surface area contributed by atoms with Crippen LogP contribution in [-0.2, 0) is 9.53 Å². The lowest BCUT2D eigenvalue weighted by molar-refractivity contribution is -0.130. The molecule has 1 unspecified atom stereocenters. The summed E-state index contributed by atoms with van der Waals surface area (Å²) in [5.74, 6) is 1.55. The van der Waals surface area contributed by atoms with E-state index in [4.69, 9.17) is 4.74 Å². The van der Waals surface area contributed by atoms with Crippen molar-refractivity contribution in [2.75, 3.05) is 59.0 Å². The summed E-state index contributed by atoms with van der Waals surface area (Å²) in [5, 5.41) is 6.72. The van der Waals surface area contributed by atoms with Gasteiger partial charge < -0.3 is 20.3 Å². The Morgan fingerprint density at radius 2 is 1.85 bits per heavy atom. The summed E-state index contributed by atoms with van der Waals surface area (Å²) >= 11 is 0. The van der Waals surface area contributed by atoms with Crippen molar-refractivity contribution in [3.8, 4) is 0 Å². The molecule has 0 aromatic heterocycles. The Kier molecular flexibility index (Phi) is 11.3. The molecule has 1 atom stereocenters. The highest BCUT2D eigenvalue weighted by atomic mass is 16.5. The molecule has 1 aliphatic rings. The van der Waals surface area contributed by atoms with E-state index in [2.05, 4.69) is 41.3 Å². The van der Waals surface area contributed by atoms with Gasteiger partial charge in [0.15, 0.2) is 5.96 Å². The quantitative estimate of drug-likeness (QED) is 0.447. The molecule has 1 fully saturated rings. The Morgan fingerprint density at radius 1 is 1.15 bits per heavy atom. The number of nitrogens with one attached hydrogen (secondary N) is 2. The fourth-order valence-corrected chi connectivity index (χ4v) is 3.09. The van der Waals surface area contributed by atoms with Gasteiger partial charge in [-0.2, -0.15) is 0 Å². The second-order valence-corrected chi connectivity index (χ2v) is 7.06. The van der Waals surface area contributed by atoms with Gasteiger partial charge in [0.05, 0.1) is 6.10 Å². The molecule has 1 heterocycles. The van der Waals surface area contributed by atoms with E-state index in [1.807, 2.05) is 11.8 Å². The largest absolute Gasteiger partial charge is 0.378 e. The number of piperazine rings is 1. The van der Waals surface area contributed by atoms with E-state index in [9.17, 15) is 4.79 Å². The number of nitrogens with zero attached hydrogens (tertiary/aromatic N) is 3. The van der Waals surface area contributed by atoms with Crippen LogP contribution in [0.25, 0.3) is 0 Å². The normalized spacial score (nSPS) is 17.5. The minimum Gasteiger partial charge on any atom is -0.378 e. The van der Waals surface area contributed by atoms with Gasteiger partial charge in [-0.3, -0.25) is 14.7 Å². The van der Waals surface area contributed by atoms with Crippen molar-refractivity contribution in [3.63, 3.8) is 0 Å². The van der Waals surface area contributed by atoms with E-state index in [0.29, 0.717) is 5.92 Å². The van der Waals surface area contributed by atoms with Crippen LogP contribution in [0.2, 0.25) is 0 Å². The number of hydrogen-bond acceptors (Lipinski definition) is 4. The predicted molar refractivity (Wildman–Crippen MR) is 108 cm³/mol. The lowest BCUT2D eigenvalue weighted by atomic mass is 10.0. The molecule has 1 aliphatic heterocycles. The first-order valence-electron chi connectivity index (χ1n) is 10.1. The molecule has 0 aliphatic carbocycles. The van der Waals surface area contributed by atoms with Crippen molar-refractivity contribution in [2.24, 2.45) is 10.9 Å². The number of amides is 1. The second kappa shape index (κ2) is 12.9. The summed E-state index contributed by atoms with van der Waals surface area (Å²) in [6.45, 7) is 17.9. The van der Waals surface area contributed by atoms with E-state index >= 15 is 0 Å². The topological polar surface area (TPSA) is 69.2 Å². The van der Waals surface area contributed by atoms with E-state index in [1.165, 1.54) is 0 Å². The molecule has 0 spiro atoms. The van der Waals surface area contributed by atoms with Gasteiger partial charge in [-0.15, -0.1) is 0 Å². The van der Waals surface area contributed by atoms with Crippen LogP contribution in [-0.4, -0.2) is 86.7 Å². The third kappa shape index (κ3) is 8.85. The molecule has 152 valence electrons. The standard InChI is InChI=1S/C19H39N5O2/c1-6-20-19(21-9-8-18(16(3)4)26-7-2)22-10-11-23-12-14-24(15-13-23)17(5)25/h16,18H,6-15H2,1-5H3,(H2,20,21,22). The third-order valence-electron chi connectivity index (χ3n) is 4.69. The molecular weight excluding hydrogens is 330 g/mol. The molecule has 0 radical (unpaired) electrons. The Morgan fingerprint density at radius 3 is 2.38 bits per heavy atom. The van der Waals surface area contributed by atoms with E-state index in [1.54, 1.807) is 6.92 Å². The minimum absolute atomic E-state index is 0.177. The van der Waals surface area contributed by atoms with Crippen LogP contribution >= 0.6 is 0 Å². The average molecular weight is 370 g/mol. The number of carbonyl (C=O) groups excluding carboxylic acids is 1. The summed E-state index contributed by atoms with van der Waals surface area (Å²) in [6.07, 6.45) is 1.21. The molecular formula is C19H39N5O2. The smallest absolute Gasteiger partial charge is 0.219 e. The lowest BCUT2D eigenvalue weighted by Gasteiger charge is -2.34. The highest BCUT2D eigenvalue weighted by Gasteiger charge is 2.18. The Labute approximate surface area is 159 Å². The molecule has 1 amide bonds. The molecule has 2 N–H and O–H groups in total. The maximum absolute atomic E-state index is 11.4. The number of rotatable bonds is 10. The maximum Gasteiger partial charge on any atom is 0.219 e. The molecule has 0 aromatic carbocycles. The SMILES string of the molecule is CCNC(=NCCC(OCC)C(C)C)NCCN1CCN(C(C)=O)CC1. The summed E-state index contributed by atoms with van der Waals surface area (Å²) in [6, 6.07) is 0. The molecule has 1 rings (SSSR count). The highest BCUT2D eigenvalue weighted by Crippen LogP contribution is 2.10. The van der Waals surface area contributed by atoms with Crippen molar-refractivity contribution in [1.29, 1.82) is 0 Å². The van der Waals surface area contributed by atoms with E-state index in [-0.39, 0.29) is 12.0 Å². The number of aliphatic imine (C=N–C) groups is 1. The fraction of sp³-hybridized carbons (Fsp3) is 0.895. The van der Waals surface area contributed by atoms with E-state index < -0.39 is 0 Å². The molecule has 1 saturated heterocycles. The van der Waals surface area contributed by atoms with Crippen molar-refractivity contribution >= 4 is 11.9 Å². The van der Waals surface area contributed by atoms with Gasteiger partial charge in [-0.25, -0.2) is 0 Å². The van der Waals surface area contributed by atoms with Gasteiger partial charge >= 0.3 is 0 Å². The lowest BCUT2D eigenvalue weighted by Crippen LogP contribution is -2.50. The van der Waals surface area contributed by atoms with Crippen molar-refractivity contribution in [3.05, 3.63) is 0 Å². The van der Waals surface area contributed by atoms with Crippen LogP contribution < -0.4 is 10.6 Å². The summed E-state index contributed by atoms with van der Waals surface area (Å²) < 4.78 is 5.79. The summed E-state index contributed by atoms with van der Waals surface area (Å²) in [4.78, 5) is 20.4. The molecule has 7 heteroatoms. The van der Waals surface area contributed by atoms with Crippen LogP contribution in [0.4, 0.5) is 0 Å². The van der Waals surface area contributed by atoms with Crippen LogP contribution in [0.5, 0.6) is 0 Å². The maximum atomic E-state index is 11.4. The van der Waals surface area contributed by atoms with Crippen LogP contribution in [0.3, 0.4) is 0 Å². The van der Waals surface area contributed by atoms with Gasteiger partial charge in [0, 0.05) is 65.9 Å². The average Bonchev–Trinajstić information content (AvgIpc) is 2.61. The van der Waals surface area contributed by atoms with Gasteiger partial charge in [0.1, 0.15) is 0 Å². The first-order chi connectivity index (χ1) is 12.5. The molecule has 0 bridgehead atoms. The number of guanidine groups is 1. The van der Waals surface area contributed by atoms with E-state index in [0.717, 1.165) is 71.3 Å². The zero-order valence-corrected chi connectivity index (χ0v) is 17.4. The summed E-state index contributed by atoms with van der Waals surface area (Å²) in [7, 11) is 0. The van der Waals surface area contributed by atoms with Crippen LogP contribution in [0.1, 0.15) is 41.0 Å². The highest BCUT2D eigenvalue weighted by molar-refractivity contribution is 5.79. The molecule has 0 aromatic rings. The number of ether oxygens (including phenoxy) is 1. The Hall–Kier alpha value is -1.34. The summed E-state index contributed by atoms with van der Waals surface area (Å²) in [5.41, 5.74) is 0. The third-order valence-corrected chi connectivity index (χ3v) is 4.69. The van der Waals surface area contributed by atoms with Gasteiger partial charge in [0.25, 0.3) is 0 Å². The Bertz CT molecular complexity index is 420. The Balaban J connectivity index is 2.32. The first kappa shape index (κ1) is 22.7. The zero-order chi connectivity index (χ0) is 19.4. The predicted octanol–water partition coefficient (Wildman–Crippen LogP) is 1.16. The first-order valence-corrected chi connectivity index (χ1v) is 10.1. The van der Waals surface area contributed by atoms with Crippen molar-refractivity contribution in [1.82, 2.24) is 20.4 Å². The molecule has 7 nitrogen and oxygen atoms in total. The zero-order valence-electron chi connectivity index (χ0n) is 17.4. The van der Waals surface area contributed by atoms with Gasteiger partial charge in [-0.05, 0) is 26.2 Å². The number of carbonyl (C=O) groups is 1. The van der Waals surface area contributed by atoms with Gasteiger partial charge in [0.2, 0.25) is 5.91 Å². The van der Waals surface area contributed by atoms with Crippen LogP contribution in [0, 0.1) is 5.92 Å². The van der Waals surface area contributed by atoms with Crippen LogP contribution in [0.15, 0.2) is 4.99 Å². The fourth-order valence-electron chi connectivity index (χ4n) is 3.09.